The highest BCUT2D eigenvalue weighted by Crippen LogP contribution is 2.28. The third kappa shape index (κ3) is 4.81. The number of benzene rings is 1. The maximum Gasteiger partial charge on any atom is 0.122 e. The molecule has 0 aromatic heterocycles. The number of thiol groups is 1. The molecule has 0 heterocycles. The Morgan fingerprint density at radius 3 is 2.28 bits per heavy atom. The first kappa shape index (κ1) is 15.2. The van der Waals surface area contributed by atoms with Crippen LogP contribution < -0.4 is 9.47 Å². The van der Waals surface area contributed by atoms with Gasteiger partial charge in [-0.1, -0.05) is 26.8 Å². The lowest BCUT2D eigenvalue weighted by Crippen LogP contribution is -2.28. The summed E-state index contributed by atoms with van der Waals surface area (Å²) in [5.41, 5.74) is 0.208. The Morgan fingerprint density at radius 1 is 1.17 bits per heavy atom. The van der Waals surface area contributed by atoms with Gasteiger partial charge in [0.05, 0.1) is 13.2 Å². The molecule has 0 aliphatic rings. The summed E-state index contributed by atoms with van der Waals surface area (Å²) < 4.78 is 11.3. The molecule has 3 heteroatoms. The van der Waals surface area contributed by atoms with E-state index >= 15 is 0 Å². The second kappa shape index (κ2) is 6.93. The SMILES string of the molecule is CCOc1cccc(OCC(CS)C(C)(C)C)c1. The van der Waals surface area contributed by atoms with E-state index in [4.69, 9.17) is 9.47 Å². The number of ether oxygens (including phenoxy) is 2. The largest absolute Gasteiger partial charge is 0.494 e. The smallest absolute Gasteiger partial charge is 0.122 e. The topological polar surface area (TPSA) is 18.5 Å². The van der Waals surface area contributed by atoms with E-state index in [2.05, 4.69) is 33.4 Å². The zero-order chi connectivity index (χ0) is 13.6. The average molecular weight is 268 g/mol. The van der Waals surface area contributed by atoms with E-state index < -0.39 is 0 Å². The van der Waals surface area contributed by atoms with E-state index in [0.29, 0.717) is 19.1 Å². The molecule has 0 saturated heterocycles. The van der Waals surface area contributed by atoms with Crippen LogP contribution in [-0.2, 0) is 0 Å². The van der Waals surface area contributed by atoms with Gasteiger partial charge in [0.15, 0.2) is 0 Å². The van der Waals surface area contributed by atoms with Crippen molar-refractivity contribution in [1.29, 1.82) is 0 Å². The van der Waals surface area contributed by atoms with Crippen molar-refractivity contribution in [1.82, 2.24) is 0 Å². The van der Waals surface area contributed by atoms with Crippen LogP contribution in [0.15, 0.2) is 24.3 Å². The van der Waals surface area contributed by atoms with Gasteiger partial charge in [-0.25, -0.2) is 0 Å². The van der Waals surface area contributed by atoms with Crippen molar-refractivity contribution in [2.75, 3.05) is 19.0 Å². The molecule has 0 N–H and O–H groups in total. The zero-order valence-electron chi connectivity index (χ0n) is 11.8. The van der Waals surface area contributed by atoms with Crippen molar-refractivity contribution < 1.29 is 9.47 Å². The van der Waals surface area contributed by atoms with Crippen LogP contribution in [0.5, 0.6) is 11.5 Å². The Labute approximate surface area is 116 Å². The highest BCUT2D eigenvalue weighted by molar-refractivity contribution is 7.80. The summed E-state index contributed by atoms with van der Waals surface area (Å²) in [4.78, 5) is 0. The van der Waals surface area contributed by atoms with Crippen molar-refractivity contribution in [2.24, 2.45) is 11.3 Å². The second-order valence-corrected chi connectivity index (χ2v) is 5.83. The summed E-state index contributed by atoms with van der Waals surface area (Å²) >= 11 is 4.40. The first-order valence-corrected chi connectivity index (χ1v) is 7.07. The zero-order valence-corrected chi connectivity index (χ0v) is 12.7. The van der Waals surface area contributed by atoms with E-state index in [1.54, 1.807) is 0 Å². The van der Waals surface area contributed by atoms with E-state index in [9.17, 15) is 0 Å². The van der Waals surface area contributed by atoms with Crippen LogP contribution in [0.2, 0.25) is 0 Å². The average Bonchev–Trinajstić information content (AvgIpc) is 2.29. The first-order valence-electron chi connectivity index (χ1n) is 6.44. The molecule has 2 nitrogen and oxygen atoms in total. The molecular formula is C15H24O2S. The first-order chi connectivity index (χ1) is 8.47. The quantitative estimate of drug-likeness (QED) is 0.784. The van der Waals surface area contributed by atoms with Gasteiger partial charge in [-0.15, -0.1) is 0 Å². The Hall–Kier alpha value is -0.830. The lowest BCUT2D eigenvalue weighted by atomic mass is 9.82. The molecule has 1 rings (SSSR count). The summed E-state index contributed by atoms with van der Waals surface area (Å²) in [6, 6.07) is 7.78. The Kier molecular flexibility index (Phi) is 5.86. The van der Waals surface area contributed by atoms with Crippen molar-refractivity contribution in [3.8, 4) is 11.5 Å². The van der Waals surface area contributed by atoms with E-state index in [-0.39, 0.29) is 5.41 Å². The molecule has 0 spiro atoms. The summed E-state index contributed by atoms with van der Waals surface area (Å²) in [7, 11) is 0. The van der Waals surface area contributed by atoms with Crippen molar-refractivity contribution in [3.63, 3.8) is 0 Å². The van der Waals surface area contributed by atoms with Crippen LogP contribution in [0, 0.1) is 11.3 Å². The van der Waals surface area contributed by atoms with Crippen molar-refractivity contribution in [2.45, 2.75) is 27.7 Å². The lowest BCUT2D eigenvalue weighted by molar-refractivity contribution is 0.165. The predicted molar refractivity (Wildman–Crippen MR) is 79.9 cm³/mol. The maximum atomic E-state index is 5.84. The fraction of sp³-hybridized carbons (Fsp3) is 0.600. The highest BCUT2D eigenvalue weighted by atomic mass is 32.1. The van der Waals surface area contributed by atoms with Crippen molar-refractivity contribution >= 4 is 12.6 Å². The minimum absolute atomic E-state index is 0.208. The second-order valence-electron chi connectivity index (χ2n) is 5.46. The third-order valence-electron chi connectivity index (χ3n) is 3.01. The van der Waals surface area contributed by atoms with Crippen LogP contribution in [0.3, 0.4) is 0 Å². The molecule has 1 atom stereocenters. The van der Waals surface area contributed by atoms with Gasteiger partial charge < -0.3 is 9.47 Å². The Balaban J connectivity index is 2.59. The molecule has 0 saturated carbocycles. The third-order valence-corrected chi connectivity index (χ3v) is 3.45. The lowest BCUT2D eigenvalue weighted by Gasteiger charge is -2.29. The normalized spacial score (nSPS) is 13.2. The van der Waals surface area contributed by atoms with Gasteiger partial charge >= 0.3 is 0 Å². The van der Waals surface area contributed by atoms with Crippen LogP contribution >= 0.6 is 12.6 Å². The van der Waals surface area contributed by atoms with Crippen LogP contribution in [0.25, 0.3) is 0 Å². The molecule has 102 valence electrons. The number of hydrogen-bond donors (Lipinski definition) is 1. The standard InChI is InChI=1S/C15H24O2S/c1-5-16-13-7-6-8-14(9-13)17-10-12(11-18)15(2,3)4/h6-9,12,18H,5,10-11H2,1-4H3. The van der Waals surface area contributed by atoms with Gasteiger partial charge in [0.1, 0.15) is 11.5 Å². The molecule has 0 radical (unpaired) electrons. The molecule has 0 fully saturated rings. The summed E-state index contributed by atoms with van der Waals surface area (Å²) in [6.45, 7) is 9.98. The van der Waals surface area contributed by atoms with E-state index in [0.717, 1.165) is 17.3 Å². The minimum atomic E-state index is 0.208. The van der Waals surface area contributed by atoms with Gasteiger partial charge in [0, 0.05) is 12.0 Å². The molecule has 0 aliphatic carbocycles. The Bertz CT molecular complexity index is 358. The predicted octanol–water partition coefficient (Wildman–Crippen LogP) is 4.06. The Morgan fingerprint density at radius 2 is 1.78 bits per heavy atom. The maximum absolute atomic E-state index is 5.84. The summed E-state index contributed by atoms with van der Waals surface area (Å²) in [5.74, 6) is 2.97. The molecule has 0 aliphatic heterocycles. The number of rotatable bonds is 6. The molecule has 0 bridgehead atoms. The molecule has 1 unspecified atom stereocenters. The molecule has 0 amide bonds. The number of hydrogen-bond acceptors (Lipinski definition) is 3. The molecular weight excluding hydrogens is 244 g/mol. The van der Waals surface area contributed by atoms with E-state index in [1.165, 1.54) is 0 Å². The monoisotopic (exact) mass is 268 g/mol. The van der Waals surface area contributed by atoms with Gasteiger partial charge in [-0.3, -0.25) is 0 Å². The van der Waals surface area contributed by atoms with Gasteiger partial charge in [0.25, 0.3) is 0 Å². The summed E-state index contributed by atoms with van der Waals surface area (Å²) in [6.07, 6.45) is 0. The molecule has 18 heavy (non-hydrogen) atoms. The van der Waals surface area contributed by atoms with Crippen LogP contribution in [-0.4, -0.2) is 19.0 Å². The van der Waals surface area contributed by atoms with Gasteiger partial charge in [0.2, 0.25) is 0 Å². The van der Waals surface area contributed by atoms with E-state index in [1.807, 2.05) is 31.2 Å². The fourth-order valence-corrected chi connectivity index (χ4v) is 2.25. The highest BCUT2D eigenvalue weighted by Gasteiger charge is 2.23. The minimum Gasteiger partial charge on any atom is -0.494 e. The molecule has 1 aromatic carbocycles. The molecule has 1 aromatic rings. The summed E-state index contributed by atoms with van der Waals surface area (Å²) in [5, 5.41) is 0. The van der Waals surface area contributed by atoms with Crippen LogP contribution in [0.4, 0.5) is 0 Å². The van der Waals surface area contributed by atoms with Crippen molar-refractivity contribution in [3.05, 3.63) is 24.3 Å². The van der Waals surface area contributed by atoms with Crippen LogP contribution in [0.1, 0.15) is 27.7 Å². The van der Waals surface area contributed by atoms with Gasteiger partial charge in [-0.05, 0) is 30.2 Å². The van der Waals surface area contributed by atoms with Gasteiger partial charge in [-0.2, -0.15) is 12.6 Å². The fourth-order valence-electron chi connectivity index (χ4n) is 1.59.